The Hall–Kier alpha value is -0.570. The number of unbranched alkanes of at least 4 members (excludes halogenated alkanes) is 12. The first kappa shape index (κ1) is 21.4. The molecule has 0 radical (unpaired) electrons. The van der Waals surface area contributed by atoms with Crippen molar-refractivity contribution in [3.63, 3.8) is 0 Å². The van der Waals surface area contributed by atoms with Gasteiger partial charge in [-0.25, -0.2) is 0 Å². The van der Waals surface area contributed by atoms with Crippen LogP contribution in [0.3, 0.4) is 0 Å². The summed E-state index contributed by atoms with van der Waals surface area (Å²) >= 11 is 0. The summed E-state index contributed by atoms with van der Waals surface area (Å²) in [7, 11) is 0. The maximum absolute atomic E-state index is 11.4. The normalized spacial score (nSPS) is 12.3. The van der Waals surface area contributed by atoms with Crippen LogP contribution >= 0.6 is 0 Å². The first-order chi connectivity index (χ1) is 10.7. The molecular formula is C19H39NO2. The molecule has 0 aromatic heterocycles. The molecule has 1 unspecified atom stereocenters. The van der Waals surface area contributed by atoms with Crippen LogP contribution in [0.1, 0.15) is 104 Å². The third-order valence-corrected chi connectivity index (χ3v) is 4.10. The van der Waals surface area contributed by atoms with Gasteiger partial charge in [-0.2, -0.15) is 0 Å². The quantitative estimate of drug-likeness (QED) is 0.395. The van der Waals surface area contributed by atoms with Crippen molar-refractivity contribution < 1.29 is 9.90 Å². The standard InChI is InChI=1S/C19H39NO2/c1-3-4-5-6-7-8-9-10-11-12-13-14-15-16-19(22)20-17-18(2)21/h18,21H,3-17H2,1-2H3,(H,20,22). The van der Waals surface area contributed by atoms with E-state index in [-0.39, 0.29) is 5.91 Å². The van der Waals surface area contributed by atoms with Crippen LogP contribution in [0, 0.1) is 0 Å². The molecule has 0 fully saturated rings. The van der Waals surface area contributed by atoms with Crippen LogP contribution in [0.25, 0.3) is 0 Å². The zero-order chi connectivity index (χ0) is 16.5. The van der Waals surface area contributed by atoms with Gasteiger partial charge in [-0.15, -0.1) is 0 Å². The van der Waals surface area contributed by atoms with Gasteiger partial charge in [0.25, 0.3) is 0 Å². The molecule has 0 aromatic rings. The average molecular weight is 314 g/mol. The molecule has 0 rings (SSSR count). The molecule has 132 valence electrons. The first-order valence-corrected chi connectivity index (χ1v) is 9.61. The smallest absolute Gasteiger partial charge is 0.220 e. The molecule has 0 aromatic carbocycles. The fraction of sp³-hybridized carbons (Fsp3) is 0.947. The van der Waals surface area contributed by atoms with Gasteiger partial charge in [0.2, 0.25) is 5.91 Å². The number of hydrogen-bond donors (Lipinski definition) is 2. The van der Waals surface area contributed by atoms with Crippen LogP contribution in [0.5, 0.6) is 0 Å². The van der Waals surface area contributed by atoms with Crippen molar-refractivity contribution in [3.8, 4) is 0 Å². The van der Waals surface area contributed by atoms with Crippen molar-refractivity contribution >= 4 is 5.91 Å². The molecule has 0 aliphatic rings. The average Bonchev–Trinajstić information content (AvgIpc) is 2.49. The fourth-order valence-electron chi connectivity index (χ4n) is 2.65. The lowest BCUT2D eigenvalue weighted by atomic mass is 10.0. The van der Waals surface area contributed by atoms with Gasteiger partial charge in [-0.3, -0.25) is 4.79 Å². The summed E-state index contributed by atoms with van der Waals surface area (Å²) in [5.41, 5.74) is 0. The van der Waals surface area contributed by atoms with Crippen molar-refractivity contribution in [2.45, 2.75) is 110 Å². The Kier molecular flexibility index (Phi) is 16.4. The zero-order valence-corrected chi connectivity index (χ0v) is 15.0. The lowest BCUT2D eigenvalue weighted by molar-refractivity contribution is -0.121. The summed E-state index contributed by atoms with van der Waals surface area (Å²) in [4.78, 5) is 11.4. The molecule has 0 saturated heterocycles. The van der Waals surface area contributed by atoms with E-state index in [9.17, 15) is 4.79 Å². The van der Waals surface area contributed by atoms with Gasteiger partial charge in [0.05, 0.1) is 6.10 Å². The van der Waals surface area contributed by atoms with Gasteiger partial charge in [0, 0.05) is 13.0 Å². The minimum atomic E-state index is -0.449. The van der Waals surface area contributed by atoms with Gasteiger partial charge in [-0.05, 0) is 13.3 Å². The number of hydrogen-bond acceptors (Lipinski definition) is 2. The van der Waals surface area contributed by atoms with Crippen LogP contribution < -0.4 is 5.32 Å². The zero-order valence-electron chi connectivity index (χ0n) is 15.0. The van der Waals surface area contributed by atoms with Crippen molar-refractivity contribution in [3.05, 3.63) is 0 Å². The monoisotopic (exact) mass is 313 g/mol. The molecular weight excluding hydrogens is 274 g/mol. The second kappa shape index (κ2) is 16.8. The molecule has 0 saturated carbocycles. The number of nitrogens with one attached hydrogen (secondary N) is 1. The molecule has 0 spiro atoms. The number of aliphatic hydroxyl groups is 1. The second-order valence-corrected chi connectivity index (χ2v) is 6.65. The topological polar surface area (TPSA) is 49.3 Å². The number of carbonyl (C=O) groups excluding carboxylic acids is 1. The Labute approximate surface area is 138 Å². The Morgan fingerprint density at radius 1 is 0.818 bits per heavy atom. The van der Waals surface area contributed by atoms with E-state index in [2.05, 4.69) is 12.2 Å². The largest absolute Gasteiger partial charge is 0.392 e. The maximum atomic E-state index is 11.4. The van der Waals surface area contributed by atoms with Crippen LogP contribution in [0.4, 0.5) is 0 Å². The highest BCUT2D eigenvalue weighted by Gasteiger charge is 2.02. The number of rotatable bonds is 16. The second-order valence-electron chi connectivity index (χ2n) is 6.65. The Morgan fingerprint density at radius 2 is 1.23 bits per heavy atom. The molecule has 3 heteroatoms. The molecule has 0 bridgehead atoms. The van der Waals surface area contributed by atoms with Crippen molar-refractivity contribution in [1.82, 2.24) is 5.32 Å². The molecule has 22 heavy (non-hydrogen) atoms. The lowest BCUT2D eigenvalue weighted by Crippen LogP contribution is -2.30. The van der Waals surface area contributed by atoms with Crippen LogP contribution in [-0.4, -0.2) is 23.7 Å². The SMILES string of the molecule is CCCCCCCCCCCCCCCC(=O)NCC(C)O. The lowest BCUT2D eigenvalue weighted by Gasteiger charge is -2.07. The molecule has 3 nitrogen and oxygen atoms in total. The summed E-state index contributed by atoms with van der Waals surface area (Å²) in [6, 6.07) is 0. The Bertz CT molecular complexity index is 242. The summed E-state index contributed by atoms with van der Waals surface area (Å²) < 4.78 is 0. The number of aliphatic hydroxyl groups excluding tert-OH is 1. The van der Waals surface area contributed by atoms with E-state index in [1.807, 2.05) is 0 Å². The van der Waals surface area contributed by atoms with E-state index in [0.717, 1.165) is 12.8 Å². The molecule has 0 aliphatic carbocycles. The van der Waals surface area contributed by atoms with Gasteiger partial charge >= 0.3 is 0 Å². The van der Waals surface area contributed by atoms with E-state index in [0.29, 0.717) is 13.0 Å². The fourth-order valence-corrected chi connectivity index (χ4v) is 2.65. The van der Waals surface area contributed by atoms with Crippen molar-refractivity contribution in [2.24, 2.45) is 0 Å². The van der Waals surface area contributed by atoms with Crippen molar-refractivity contribution in [1.29, 1.82) is 0 Å². The molecule has 2 N–H and O–H groups in total. The van der Waals surface area contributed by atoms with Gasteiger partial charge < -0.3 is 10.4 Å². The molecule has 1 amide bonds. The molecule has 0 aliphatic heterocycles. The Morgan fingerprint density at radius 3 is 1.64 bits per heavy atom. The van der Waals surface area contributed by atoms with Crippen LogP contribution in [-0.2, 0) is 4.79 Å². The Balaban J connectivity index is 3.09. The van der Waals surface area contributed by atoms with E-state index in [4.69, 9.17) is 5.11 Å². The maximum Gasteiger partial charge on any atom is 0.220 e. The number of amides is 1. The summed E-state index contributed by atoms with van der Waals surface area (Å²) in [5, 5.41) is 11.8. The minimum Gasteiger partial charge on any atom is -0.392 e. The predicted octanol–water partition coefficient (Wildman–Crippen LogP) is 4.96. The minimum absolute atomic E-state index is 0.0731. The van der Waals surface area contributed by atoms with E-state index in [1.165, 1.54) is 70.6 Å². The highest BCUT2D eigenvalue weighted by atomic mass is 16.3. The molecule has 0 heterocycles. The predicted molar refractivity (Wildman–Crippen MR) is 95.0 cm³/mol. The van der Waals surface area contributed by atoms with Gasteiger partial charge in [-0.1, -0.05) is 84.0 Å². The van der Waals surface area contributed by atoms with E-state index < -0.39 is 6.10 Å². The third-order valence-electron chi connectivity index (χ3n) is 4.10. The first-order valence-electron chi connectivity index (χ1n) is 9.61. The summed E-state index contributed by atoms with van der Waals surface area (Å²) in [6.07, 6.45) is 17.4. The third kappa shape index (κ3) is 17.5. The van der Waals surface area contributed by atoms with Crippen molar-refractivity contribution in [2.75, 3.05) is 6.54 Å². The highest BCUT2D eigenvalue weighted by molar-refractivity contribution is 5.75. The van der Waals surface area contributed by atoms with E-state index in [1.54, 1.807) is 6.92 Å². The highest BCUT2D eigenvalue weighted by Crippen LogP contribution is 2.12. The summed E-state index contributed by atoms with van der Waals surface area (Å²) in [6.45, 7) is 4.32. The van der Waals surface area contributed by atoms with Crippen LogP contribution in [0.15, 0.2) is 0 Å². The number of carbonyl (C=O) groups is 1. The van der Waals surface area contributed by atoms with Gasteiger partial charge in [0.15, 0.2) is 0 Å². The summed E-state index contributed by atoms with van der Waals surface area (Å²) in [5.74, 6) is 0.0731. The van der Waals surface area contributed by atoms with Crippen LogP contribution in [0.2, 0.25) is 0 Å². The van der Waals surface area contributed by atoms with E-state index >= 15 is 0 Å². The van der Waals surface area contributed by atoms with Gasteiger partial charge in [0.1, 0.15) is 0 Å². The molecule has 1 atom stereocenters.